The summed E-state index contributed by atoms with van der Waals surface area (Å²) in [6, 6.07) is 12.4. The van der Waals surface area contributed by atoms with E-state index in [4.69, 9.17) is 9.84 Å². The van der Waals surface area contributed by atoms with Crippen molar-refractivity contribution in [1.29, 1.82) is 0 Å². The maximum atomic E-state index is 13.3. The highest BCUT2D eigenvalue weighted by Crippen LogP contribution is 2.28. The molecule has 0 aliphatic carbocycles. The quantitative estimate of drug-likeness (QED) is 0.284. The summed E-state index contributed by atoms with van der Waals surface area (Å²) < 4.78 is 6.86. The second-order valence-corrected chi connectivity index (χ2v) is 9.02. The van der Waals surface area contributed by atoms with Gasteiger partial charge in [0.1, 0.15) is 23.5 Å². The number of aromatic carboxylic acids is 1. The van der Waals surface area contributed by atoms with Crippen molar-refractivity contribution in [2.45, 2.75) is 26.4 Å². The Morgan fingerprint density at radius 3 is 2.64 bits per heavy atom. The Kier molecular flexibility index (Phi) is 6.67. The third-order valence-electron chi connectivity index (χ3n) is 6.28. The molecule has 1 aliphatic rings. The Bertz CT molecular complexity index is 1630. The number of imidazole rings is 1. The van der Waals surface area contributed by atoms with E-state index in [1.54, 1.807) is 44.2 Å². The summed E-state index contributed by atoms with van der Waals surface area (Å²) >= 11 is 0. The van der Waals surface area contributed by atoms with Crippen LogP contribution in [-0.4, -0.2) is 49.8 Å². The Balaban J connectivity index is 1.35. The van der Waals surface area contributed by atoms with Crippen LogP contribution in [0.2, 0.25) is 0 Å². The monoisotopic (exact) mass is 528 g/mol. The lowest BCUT2D eigenvalue weighted by molar-refractivity contribution is -0.118. The average molecular weight is 529 g/mol. The first-order valence-electron chi connectivity index (χ1n) is 12.0. The van der Waals surface area contributed by atoms with Crippen LogP contribution in [0.25, 0.3) is 5.65 Å². The zero-order valence-electron chi connectivity index (χ0n) is 21.0. The van der Waals surface area contributed by atoms with E-state index in [2.05, 4.69) is 25.9 Å². The Morgan fingerprint density at radius 1 is 1.13 bits per heavy atom. The number of nitrogens with zero attached hydrogens (tertiary/aromatic N) is 3. The molecule has 5 rings (SSSR count). The van der Waals surface area contributed by atoms with Crippen molar-refractivity contribution >= 4 is 35.0 Å². The van der Waals surface area contributed by atoms with Crippen LogP contribution in [-0.2, 0) is 11.3 Å². The first-order chi connectivity index (χ1) is 18.7. The number of fused-ring (bicyclic) bond motifs is 2. The van der Waals surface area contributed by atoms with Crippen molar-refractivity contribution in [3.63, 3.8) is 0 Å². The average Bonchev–Trinajstić information content (AvgIpc) is 3.31. The number of aromatic nitrogens is 3. The number of benzene rings is 2. The molecule has 0 saturated heterocycles. The van der Waals surface area contributed by atoms with Gasteiger partial charge in [-0.1, -0.05) is 18.2 Å². The lowest BCUT2D eigenvalue weighted by Gasteiger charge is -2.18. The zero-order chi connectivity index (χ0) is 27.7. The minimum atomic E-state index is -1.04. The summed E-state index contributed by atoms with van der Waals surface area (Å²) in [6.45, 7) is 3.60. The third-order valence-corrected chi connectivity index (χ3v) is 6.28. The summed E-state index contributed by atoms with van der Waals surface area (Å²) in [6.07, 6.45) is 1.46. The Morgan fingerprint density at radius 2 is 1.90 bits per heavy atom. The van der Waals surface area contributed by atoms with Crippen LogP contribution in [0.3, 0.4) is 0 Å². The molecule has 2 aromatic carbocycles. The van der Waals surface area contributed by atoms with Gasteiger partial charge in [-0.15, -0.1) is 0 Å². The molecular weight excluding hydrogens is 504 g/mol. The highest BCUT2D eigenvalue weighted by molar-refractivity contribution is 5.99. The van der Waals surface area contributed by atoms with Crippen LogP contribution in [0, 0.1) is 6.92 Å². The minimum Gasteiger partial charge on any atom is -0.482 e. The highest BCUT2D eigenvalue weighted by atomic mass is 16.5. The molecule has 3 heterocycles. The molecule has 0 bridgehead atoms. The van der Waals surface area contributed by atoms with Gasteiger partial charge in [0.05, 0.1) is 23.0 Å². The van der Waals surface area contributed by atoms with Crippen LogP contribution in [0.4, 0.5) is 5.69 Å². The fourth-order valence-electron chi connectivity index (χ4n) is 4.16. The number of hydrogen-bond acceptors (Lipinski definition) is 7. The van der Waals surface area contributed by atoms with Crippen molar-refractivity contribution in [2.75, 3.05) is 11.9 Å². The number of rotatable bonds is 7. The van der Waals surface area contributed by atoms with Gasteiger partial charge >= 0.3 is 5.97 Å². The number of hydrogen-bond donors (Lipinski definition) is 4. The summed E-state index contributed by atoms with van der Waals surface area (Å²) in [5.74, 6) is -1.70. The van der Waals surface area contributed by atoms with Gasteiger partial charge in [0.2, 0.25) is 0 Å². The number of carbonyl (C=O) groups excluding carboxylic acids is 3. The predicted octanol–water partition coefficient (Wildman–Crippen LogP) is 2.49. The van der Waals surface area contributed by atoms with Crippen molar-refractivity contribution < 1.29 is 29.0 Å². The Hall–Kier alpha value is -5.26. The minimum absolute atomic E-state index is 0.0318. The van der Waals surface area contributed by atoms with Gasteiger partial charge in [0.15, 0.2) is 12.3 Å². The molecule has 4 aromatic rings. The van der Waals surface area contributed by atoms with E-state index in [0.29, 0.717) is 28.3 Å². The summed E-state index contributed by atoms with van der Waals surface area (Å²) in [7, 11) is 0. The van der Waals surface area contributed by atoms with Crippen LogP contribution in [0.1, 0.15) is 61.1 Å². The maximum absolute atomic E-state index is 13.3. The van der Waals surface area contributed by atoms with Crippen LogP contribution >= 0.6 is 0 Å². The first kappa shape index (κ1) is 25.4. The van der Waals surface area contributed by atoms with E-state index in [-0.39, 0.29) is 36.0 Å². The number of carboxylic acid groups (broad SMARTS) is 1. The molecule has 0 spiro atoms. The second-order valence-electron chi connectivity index (χ2n) is 9.02. The lowest BCUT2D eigenvalue weighted by Crippen LogP contribution is -2.30. The molecular formula is C27H24N6O6. The van der Waals surface area contributed by atoms with E-state index in [1.165, 1.54) is 28.9 Å². The molecule has 0 unspecified atom stereocenters. The molecule has 0 saturated carbocycles. The molecule has 3 amide bonds. The number of carbonyl (C=O) groups is 4. The first-order valence-corrected chi connectivity index (χ1v) is 12.0. The van der Waals surface area contributed by atoms with Crippen LogP contribution < -0.4 is 20.7 Å². The van der Waals surface area contributed by atoms with E-state index in [9.17, 15) is 19.2 Å². The molecule has 4 N–H and O–H groups in total. The Labute approximate surface area is 222 Å². The van der Waals surface area contributed by atoms with E-state index < -0.39 is 23.8 Å². The molecule has 1 atom stereocenters. The number of aryl methyl sites for hydroxylation is 1. The molecule has 0 fully saturated rings. The number of nitrogens with one attached hydrogen (secondary N) is 3. The number of anilines is 1. The number of ether oxygens (including phenoxy) is 1. The van der Waals surface area contributed by atoms with E-state index >= 15 is 0 Å². The molecule has 12 nitrogen and oxygen atoms in total. The van der Waals surface area contributed by atoms with Gasteiger partial charge in [-0.2, -0.15) is 0 Å². The van der Waals surface area contributed by atoms with Gasteiger partial charge in [0.25, 0.3) is 17.7 Å². The largest absolute Gasteiger partial charge is 0.482 e. The van der Waals surface area contributed by atoms with Gasteiger partial charge in [-0.05, 0) is 55.3 Å². The molecule has 1 aliphatic heterocycles. The molecule has 39 heavy (non-hydrogen) atoms. The van der Waals surface area contributed by atoms with Gasteiger partial charge in [-0.3, -0.25) is 18.8 Å². The van der Waals surface area contributed by atoms with E-state index in [0.717, 1.165) is 5.56 Å². The van der Waals surface area contributed by atoms with Gasteiger partial charge in [0, 0.05) is 6.54 Å². The fraction of sp³-hybridized carbons (Fsp3) is 0.185. The topological polar surface area (TPSA) is 164 Å². The van der Waals surface area contributed by atoms with Crippen molar-refractivity contribution in [3.05, 3.63) is 88.6 Å². The van der Waals surface area contributed by atoms with Crippen molar-refractivity contribution in [2.24, 2.45) is 0 Å². The summed E-state index contributed by atoms with van der Waals surface area (Å²) in [5, 5.41) is 17.5. The van der Waals surface area contributed by atoms with Gasteiger partial charge in [-0.25, -0.2) is 14.8 Å². The third kappa shape index (κ3) is 5.25. The number of amides is 3. The molecule has 0 radical (unpaired) electrons. The standard InChI is InChI=1S/C27H24N6O6/c1-14(17-4-6-18(7-5-17)27(37)38)30-26(36)21-10-20(32-24-15(2)29-13-33(21)24)25(35)28-11-16-3-8-22-19(9-16)31-23(34)12-39-22/h3-10,13-14H,11-12H2,1-2H3,(H,28,35)(H,30,36)(H,31,34)(H,37,38)/t14-/m0/s1. The van der Waals surface area contributed by atoms with Crippen molar-refractivity contribution in [1.82, 2.24) is 25.0 Å². The maximum Gasteiger partial charge on any atom is 0.335 e. The summed E-state index contributed by atoms with van der Waals surface area (Å²) in [5.41, 5.74) is 3.21. The van der Waals surface area contributed by atoms with Crippen LogP contribution in [0.5, 0.6) is 5.75 Å². The second kappa shape index (κ2) is 10.2. The molecule has 12 heteroatoms. The van der Waals surface area contributed by atoms with E-state index in [1.807, 2.05) is 0 Å². The molecule has 198 valence electrons. The van der Waals surface area contributed by atoms with Crippen molar-refractivity contribution in [3.8, 4) is 5.75 Å². The molecule has 2 aromatic heterocycles. The lowest BCUT2D eigenvalue weighted by atomic mass is 10.1. The number of carboxylic acids is 1. The highest BCUT2D eigenvalue weighted by Gasteiger charge is 2.21. The normalized spacial score (nSPS) is 13.1. The summed E-state index contributed by atoms with van der Waals surface area (Å²) in [4.78, 5) is 57.7. The van der Waals surface area contributed by atoms with Gasteiger partial charge < -0.3 is 25.8 Å². The SMILES string of the molecule is Cc1ncn2c(C(=O)N[C@@H](C)c3ccc(C(=O)O)cc3)cc(C(=O)NCc3ccc4c(c3)NC(=O)CO4)nc12. The fourth-order valence-corrected chi connectivity index (χ4v) is 4.16. The zero-order valence-corrected chi connectivity index (χ0v) is 21.0. The van der Waals surface area contributed by atoms with Crippen LogP contribution in [0.15, 0.2) is 54.9 Å². The predicted molar refractivity (Wildman–Crippen MR) is 139 cm³/mol. The smallest absolute Gasteiger partial charge is 0.335 e.